The largest absolute Gasteiger partial charge is 0.382 e. The van der Waals surface area contributed by atoms with Crippen molar-refractivity contribution in [2.24, 2.45) is 11.3 Å². The minimum absolute atomic E-state index is 0.344. The van der Waals surface area contributed by atoms with Gasteiger partial charge in [-0.1, -0.05) is 13.8 Å². The molecule has 0 spiro atoms. The topological polar surface area (TPSA) is 35.8 Å². The molecule has 0 amide bonds. The van der Waals surface area contributed by atoms with Crippen LogP contribution in [0.15, 0.2) is 18.2 Å². The first kappa shape index (κ1) is 11.9. The van der Waals surface area contributed by atoms with Gasteiger partial charge in [0.25, 0.3) is 0 Å². The standard InChI is InChI=1S/C14H17FN2/c1-10(2)14(5-6-14)9-17-13-4-3-11(8-16)7-12(13)15/h3-4,7,10,17H,5-6,9H2,1-2H3. The van der Waals surface area contributed by atoms with Gasteiger partial charge in [-0.15, -0.1) is 0 Å². The smallest absolute Gasteiger partial charge is 0.147 e. The molecule has 90 valence electrons. The van der Waals surface area contributed by atoms with Crippen LogP contribution in [0.5, 0.6) is 0 Å². The van der Waals surface area contributed by atoms with Crippen LogP contribution in [0.2, 0.25) is 0 Å². The molecule has 1 saturated carbocycles. The molecule has 1 aromatic rings. The van der Waals surface area contributed by atoms with E-state index in [2.05, 4.69) is 19.2 Å². The lowest BCUT2D eigenvalue weighted by molar-refractivity contribution is 0.379. The Morgan fingerprint density at radius 1 is 1.47 bits per heavy atom. The second-order valence-electron chi connectivity index (χ2n) is 5.18. The highest BCUT2D eigenvalue weighted by Crippen LogP contribution is 2.51. The van der Waals surface area contributed by atoms with Gasteiger partial charge in [0.2, 0.25) is 0 Å². The number of hydrogen-bond donors (Lipinski definition) is 1. The molecule has 0 unspecified atom stereocenters. The van der Waals surface area contributed by atoms with Crippen molar-refractivity contribution < 1.29 is 4.39 Å². The fourth-order valence-corrected chi connectivity index (χ4v) is 2.12. The molecule has 1 fully saturated rings. The second kappa shape index (κ2) is 4.37. The Kier molecular flexibility index (Phi) is 3.06. The Labute approximate surface area is 101 Å². The van der Waals surface area contributed by atoms with Crippen molar-refractivity contribution >= 4 is 5.69 Å². The van der Waals surface area contributed by atoms with Gasteiger partial charge < -0.3 is 5.32 Å². The lowest BCUT2D eigenvalue weighted by atomic mass is 9.92. The number of rotatable bonds is 4. The highest BCUT2D eigenvalue weighted by molar-refractivity contribution is 5.49. The summed E-state index contributed by atoms with van der Waals surface area (Å²) in [6.45, 7) is 5.24. The monoisotopic (exact) mass is 232 g/mol. The predicted molar refractivity (Wildman–Crippen MR) is 66.1 cm³/mol. The number of nitrogens with zero attached hydrogens (tertiary/aromatic N) is 1. The van der Waals surface area contributed by atoms with Gasteiger partial charge in [0.05, 0.1) is 17.3 Å². The van der Waals surface area contributed by atoms with Crippen molar-refractivity contribution in [1.29, 1.82) is 5.26 Å². The van der Waals surface area contributed by atoms with Crippen LogP contribution >= 0.6 is 0 Å². The van der Waals surface area contributed by atoms with E-state index in [1.165, 1.54) is 18.9 Å². The molecule has 3 heteroatoms. The summed E-state index contributed by atoms with van der Waals surface area (Å²) in [5.74, 6) is 0.278. The maximum Gasteiger partial charge on any atom is 0.147 e. The number of nitriles is 1. The minimum atomic E-state index is -0.344. The van der Waals surface area contributed by atoms with Crippen molar-refractivity contribution in [3.05, 3.63) is 29.6 Å². The lowest BCUT2D eigenvalue weighted by Gasteiger charge is -2.20. The van der Waals surface area contributed by atoms with E-state index in [0.29, 0.717) is 22.6 Å². The van der Waals surface area contributed by atoms with E-state index in [1.54, 1.807) is 12.1 Å². The number of hydrogen-bond acceptors (Lipinski definition) is 2. The summed E-state index contributed by atoms with van der Waals surface area (Å²) in [6.07, 6.45) is 2.44. The van der Waals surface area contributed by atoms with E-state index in [0.717, 1.165) is 6.54 Å². The Morgan fingerprint density at radius 3 is 2.65 bits per heavy atom. The van der Waals surface area contributed by atoms with E-state index in [-0.39, 0.29) is 5.82 Å². The van der Waals surface area contributed by atoms with Crippen LogP contribution in [0.1, 0.15) is 32.3 Å². The van der Waals surface area contributed by atoms with Crippen LogP contribution in [-0.4, -0.2) is 6.54 Å². The van der Waals surface area contributed by atoms with Crippen molar-refractivity contribution in [2.45, 2.75) is 26.7 Å². The van der Waals surface area contributed by atoms with E-state index in [9.17, 15) is 4.39 Å². The zero-order chi connectivity index (χ0) is 12.5. The van der Waals surface area contributed by atoms with E-state index < -0.39 is 0 Å². The fraction of sp³-hybridized carbons (Fsp3) is 0.500. The first-order valence-corrected chi connectivity index (χ1v) is 6.01. The summed E-state index contributed by atoms with van der Waals surface area (Å²) < 4.78 is 13.6. The van der Waals surface area contributed by atoms with Gasteiger partial charge in [-0.2, -0.15) is 5.26 Å². The first-order valence-electron chi connectivity index (χ1n) is 6.01. The summed E-state index contributed by atoms with van der Waals surface area (Å²) in [6, 6.07) is 6.49. The third-order valence-corrected chi connectivity index (χ3v) is 3.85. The Balaban J connectivity index is 2.03. The van der Waals surface area contributed by atoms with Crippen molar-refractivity contribution in [3.63, 3.8) is 0 Å². The van der Waals surface area contributed by atoms with Gasteiger partial charge in [0, 0.05) is 6.54 Å². The van der Waals surface area contributed by atoms with E-state index in [4.69, 9.17) is 5.26 Å². The average molecular weight is 232 g/mol. The SMILES string of the molecule is CC(C)C1(CNc2ccc(C#N)cc2F)CC1. The molecule has 0 aliphatic heterocycles. The lowest BCUT2D eigenvalue weighted by Crippen LogP contribution is -2.21. The molecule has 2 rings (SSSR count). The Bertz CT molecular complexity index is 456. The number of halogens is 1. The average Bonchev–Trinajstić information content (AvgIpc) is 3.08. The third-order valence-electron chi connectivity index (χ3n) is 3.85. The zero-order valence-electron chi connectivity index (χ0n) is 10.3. The molecule has 17 heavy (non-hydrogen) atoms. The van der Waals surface area contributed by atoms with Crippen LogP contribution < -0.4 is 5.32 Å². The van der Waals surface area contributed by atoms with Gasteiger partial charge in [-0.25, -0.2) is 4.39 Å². The number of anilines is 1. The molecule has 1 aliphatic carbocycles. The van der Waals surface area contributed by atoms with Crippen molar-refractivity contribution in [3.8, 4) is 6.07 Å². The van der Waals surface area contributed by atoms with Crippen LogP contribution in [0.25, 0.3) is 0 Å². The molecular formula is C14H17FN2. The molecule has 0 saturated heterocycles. The molecule has 0 radical (unpaired) electrons. The van der Waals surface area contributed by atoms with Gasteiger partial charge in [-0.3, -0.25) is 0 Å². The van der Waals surface area contributed by atoms with Crippen LogP contribution in [0.3, 0.4) is 0 Å². The summed E-state index contributed by atoms with van der Waals surface area (Å²) in [5.41, 5.74) is 1.20. The Morgan fingerprint density at radius 2 is 2.18 bits per heavy atom. The zero-order valence-corrected chi connectivity index (χ0v) is 10.3. The summed E-state index contributed by atoms with van der Waals surface area (Å²) in [4.78, 5) is 0. The van der Waals surface area contributed by atoms with Crippen molar-refractivity contribution in [2.75, 3.05) is 11.9 Å². The molecule has 2 nitrogen and oxygen atoms in total. The second-order valence-corrected chi connectivity index (χ2v) is 5.18. The van der Waals surface area contributed by atoms with Gasteiger partial charge in [0.15, 0.2) is 0 Å². The van der Waals surface area contributed by atoms with Gasteiger partial charge in [-0.05, 0) is 42.4 Å². The van der Waals surface area contributed by atoms with E-state index in [1.807, 2.05) is 6.07 Å². The molecule has 1 aliphatic rings. The highest BCUT2D eigenvalue weighted by Gasteiger charge is 2.44. The number of benzene rings is 1. The summed E-state index contributed by atoms with van der Waals surface area (Å²) >= 11 is 0. The predicted octanol–water partition coefficient (Wildman–Crippen LogP) is 3.55. The van der Waals surface area contributed by atoms with Crippen LogP contribution in [0.4, 0.5) is 10.1 Å². The maximum absolute atomic E-state index is 13.6. The molecule has 1 aromatic carbocycles. The fourth-order valence-electron chi connectivity index (χ4n) is 2.12. The molecule has 0 atom stereocenters. The molecule has 0 heterocycles. The molecule has 0 bridgehead atoms. The number of nitrogens with one attached hydrogen (secondary N) is 1. The van der Waals surface area contributed by atoms with Crippen molar-refractivity contribution in [1.82, 2.24) is 0 Å². The quantitative estimate of drug-likeness (QED) is 0.861. The summed E-state index contributed by atoms with van der Waals surface area (Å²) in [7, 11) is 0. The Hall–Kier alpha value is -1.56. The minimum Gasteiger partial charge on any atom is -0.382 e. The van der Waals surface area contributed by atoms with Crippen LogP contribution in [-0.2, 0) is 0 Å². The van der Waals surface area contributed by atoms with Gasteiger partial charge >= 0.3 is 0 Å². The first-order chi connectivity index (χ1) is 8.07. The maximum atomic E-state index is 13.6. The van der Waals surface area contributed by atoms with Gasteiger partial charge in [0.1, 0.15) is 5.82 Å². The van der Waals surface area contributed by atoms with E-state index >= 15 is 0 Å². The normalized spacial score (nSPS) is 16.6. The molecule has 0 aromatic heterocycles. The molecule has 1 N–H and O–H groups in total. The third kappa shape index (κ3) is 2.41. The van der Waals surface area contributed by atoms with Crippen LogP contribution in [0, 0.1) is 28.5 Å². The summed E-state index contributed by atoms with van der Waals surface area (Å²) in [5, 5.41) is 11.8. The highest BCUT2D eigenvalue weighted by atomic mass is 19.1. The molecular weight excluding hydrogens is 215 g/mol.